The van der Waals surface area contributed by atoms with Crippen molar-refractivity contribution in [2.24, 2.45) is 17.6 Å². The summed E-state index contributed by atoms with van der Waals surface area (Å²) in [4.78, 5) is 19.7. The number of aromatic nitrogens is 2. The lowest BCUT2D eigenvalue weighted by atomic mass is 9.79. The molecule has 7 heteroatoms. The molecule has 5 nitrogen and oxygen atoms in total. The number of anilines is 1. The number of fused-ring (bicyclic) bond motifs is 1. The van der Waals surface area contributed by atoms with Crippen LogP contribution in [-0.2, 0) is 4.79 Å². The first-order valence-electron chi connectivity index (χ1n) is 7.63. The number of amides is 1. The Balaban J connectivity index is 0.00000132. The summed E-state index contributed by atoms with van der Waals surface area (Å²) >= 11 is 0. The zero-order valence-corrected chi connectivity index (χ0v) is 14.8. The van der Waals surface area contributed by atoms with Gasteiger partial charge in [0.25, 0.3) is 0 Å². The van der Waals surface area contributed by atoms with Gasteiger partial charge in [0, 0.05) is 29.7 Å². The van der Waals surface area contributed by atoms with E-state index in [-0.39, 0.29) is 42.7 Å². The molecule has 0 unspecified atom stereocenters. The Bertz CT molecular complexity index is 636. The number of carbonyl (C=O) groups is 1. The summed E-state index contributed by atoms with van der Waals surface area (Å²) in [7, 11) is 0. The first kappa shape index (κ1) is 19.7. The summed E-state index contributed by atoms with van der Waals surface area (Å²) in [6.45, 7) is 2.06. The van der Waals surface area contributed by atoms with E-state index in [9.17, 15) is 4.79 Å². The van der Waals surface area contributed by atoms with Crippen LogP contribution in [0, 0.1) is 11.8 Å². The summed E-state index contributed by atoms with van der Waals surface area (Å²) in [5.74, 6) is 0.778. The van der Waals surface area contributed by atoms with E-state index in [2.05, 4.69) is 22.2 Å². The molecule has 4 N–H and O–H groups in total. The van der Waals surface area contributed by atoms with Crippen LogP contribution in [0.25, 0.3) is 11.0 Å². The van der Waals surface area contributed by atoms with Crippen molar-refractivity contribution >= 4 is 47.4 Å². The Morgan fingerprint density at radius 3 is 2.65 bits per heavy atom. The third-order valence-corrected chi connectivity index (χ3v) is 4.60. The monoisotopic (exact) mass is 358 g/mol. The standard InChI is InChI=1S/C16H22N4O.2ClH/c1-10(17)11-2-4-12(5-3-11)16(21)20-14-7-9-19-15-13(14)6-8-18-15;;/h6-12H,2-5,17H2,1H3,(H2,18,19,20,21);2*1H/t10-,11?,12?;;/m1../s1. The molecule has 0 aliphatic heterocycles. The van der Waals surface area contributed by atoms with Crippen LogP contribution in [0.4, 0.5) is 5.69 Å². The summed E-state index contributed by atoms with van der Waals surface area (Å²) in [6.07, 6.45) is 7.50. The number of pyridine rings is 1. The number of halogens is 2. The van der Waals surface area contributed by atoms with Crippen LogP contribution in [0.3, 0.4) is 0 Å². The molecular formula is C16H24Cl2N4O. The normalized spacial score (nSPS) is 21.8. The molecule has 2 aromatic heterocycles. The number of carbonyl (C=O) groups excluding carboxylic acids is 1. The first-order chi connectivity index (χ1) is 10.1. The fourth-order valence-electron chi connectivity index (χ4n) is 3.21. The molecule has 0 radical (unpaired) electrons. The number of rotatable bonds is 3. The van der Waals surface area contributed by atoms with Crippen molar-refractivity contribution in [1.82, 2.24) is 9.97 Å². The maximum absolute atomic E-state index is 12.4. The van der Waals surface area contributed by atoms with E-state index in [1.807, 2.05) is 18.3 Å². The second kappa shape index (κ2) is 8.52. The Morgan fingerprint density at radius 2 is 2.00 bits per heavy atom. The maximum Gasteiger partial charge on any atom is 0.227 e. The lowest BCUT2D eigenvalue weighted by Gasteiger charge is -2.30. The van der Waals surface area contributed by atoms with Crippen molar-refractivity contribution in [2.45, 2.75) is 38.6 Å². The molecule has 0 spiro atoms. The van der Waals surface area contributed by atoms with Gasteiger partial charge in [-0.25, -0.2) is 4.98 Å². The molecule has 2 aromatic rings. The third kappa shape index (κ3) is 4.37. The molecule has 1 aliphatic carbocycles. The molecule has 0 aromatic carbocycles. The lowest BCUT2D eigenvalue weighted by molar-refractivity contribution is -0.121. The summed E-state index contributed by atoms with van der Waals surface area (Å²) in [5, 5.41) is 4.01. The van der Waals surface area contributed by atoms with Crippen molar-refractivity contribution in [3.8, 4) is 0 Å². The smallest absolute Gasteiger partial charge is 0.227 e. The largest absolute Gasteiger partial charge is 0.346 e. The van der Waals surface area contributed by atoms with Gasteiger partial charge < -0.3 is 16.0 Å². The van der Waals surface area contributed by atoms with Gasteiger partial charge in [-0.05, 0) is 50.7 Å². The zero-order chi connectivity index (χ0) is 14.8. The molecule has 1 saturated carbocycles. The fraction of sp³-hybridized carbons (Fsp3) is 0.500. The molecule has 0 bridgehead atoms. The molecule has 1 amide bonds. The van der Waals surface area contributed by atoms with Crippen LogP contribution in [0.2, 0.25) is 0 Å². The van der Waals surface area contributed by atoms with Crippen LogP contribution < -0.4 is 11.1 Å². The number of hydrogen-bond acceptors (Lipinski definition) is 3. The Morgan fingerprint density at radius 1 is 1.30 bits per heavy atom. The highest BCUT2D eigenvalue weighted by molar-refractivity contribution is 6.00. The van der Waals surface area contributed by atoms with E-state index in [1.165, 1.54) is 0 Å². The van der Waals surface area contributed by atoms with E-state index < -0.39 is 0 Å². The first-order valence-corrected chi connectivity index (χ1v) is 7.63. The summed E-state index contributed by atoms with van der Waals surface area (Å²) < 4.78 is 0. The number of nitrogens with zero attached hydrogens (tertiary/aromatic N) is 1. The molecule has 1 atom stereocenters. The van der Waals surface area contributed by atoms with Crippen molar-refractivity contribution in [2.75, 3.05) is 5.32 Å². The maximum atomic E-state index is 12.4. The van der Waals surface area contributed by atoms with Crippen LogP contribution >= 0.6 is 24.8 Å². The van der Waals surface area contributed by atoms with Gasteiger partial charge in [-0.15, -0.1) is 24.8 Å². The molecule has 23 heavy (non-hydrogen) atoms. The van der Waals surface area contributed by atoms with Gasteiger partial charge in [0.15, 0.2) is 0 Å². The van der Waals surface area contributed by atoms with E-state index in [4.69, 9.17) is 5.73 Å². The zero-order valence-electron chi connectivity index (χ0n) is 13.1. The van der Waals surface area contributed by atoms with Gasteiger partial charge in [-0.2, -0.15) is 0 Å². The van der Waals surface area contributed by atoms with Crippen LogP contribution in [0.1, 0.15) is 32.6 Å². The molecule has 0 saturated heterocycles. The number of aromatic amines is 1. The number of hydrogen-bond donors (Lipinski definition) is 3. The minimum absolute atomic E-state index is 0. The molecule has 128 valence electrons. The van der Waals surface area contributed by atoms with Crippen molar-refractivity contribution in [1.29, 1.82) is 0 Å². The minimum atomic E-state index is 0. The highest BCUT2D eigenvalue weighted by Crippen LogP contribution is 2.31. The van der Waals surface area contributed by atoms with Gasteiger partial charge in [0.1, 0.15) is 5.65 Å². The molecule has 3 rings (SSSR count). The van der Waals surface area contributed by atoms with Crippen LogP contribution in [0.15, 0.2) is 24.5 Å². The topological polar surface area (TPSA) is 83.8 Å². The minimum Gasteiger partial charge on any atom is -0.346 e. The Kier molecular flexibility index (Phi) is 7.32. The van der Waals surface area contributed by atoms with E-state index in [0.29, 0.717) is 5.92 Å². The molecular weight excluding hydrogens is 335 g/mol. The van der Waals surface area contributed by atoms with Crippen molar-refractivity contribution < 1.29 is 4.79 Å². The number of nitrogens with two attached hydrogens (primary N) is 1. The summed E-state index contributed by atoms with van der Waals surface area (Å²) in [5.41, 5.74) is 7.59. The highest BCUT2D eigenvalue weighted by Gasteiger charge is 2.28. The van der Waals surface area contributed by atoms with Crippen LogP contribution in [0.5, 0.6) is 0 Å². The average Bonchev–Trinajstić information content (AvgIpc) is 2.97. The predicted molar refractivity (Wildman–Crippen MR) is 98.3 cm³/mol. The number of nitrogens with one attached hydrogen (secondary N) is 2. The van der Waals surface area contributed by atoms with Gasteiger partial charge in [0.05, 0.1) is 5.69 Å². The lowest BCUT2D eigenvalue weighted by Crippen LogP contribution is -2.33. The molecule has 1 aliphatic rings. The SMILES string of the molecule is C[C@@H](N)C1CCC(C(=O)Nc2ccnc3[nH]ccc23)CC1.Cl.Cl. The highest BCUT2D eigenvalue weighted by atomic mass is 35.5. The second-order valence-electron chi connectivity index (χ2n) is 6.06. The summed E-state index contributed by atoms with van der Waals surface area (Å²) in [6, 6.07) is 4.01. The third-order valence-electron chi connectivity index (χ3n) is 4.60. The number of H-pyrrole nitrogens is 1. The average molecular weight is 359 g/mol. The quantitative estimate of drug-likeness (QED) is 0.784. The fourth-order valence-corrected chi connectivity index (χ4v) is 3.21. The van der Waals surface area contributed by atoms with E-state index >= 15 is 0 Å². The van der Waals surface area contributed by atoms with E-state index in [1.54, 1.807) is 6.20 Å². The Hall–Kier alpha value is -1.30. The Labute approximate surface area is 148 Å². The van der Waals surface area contributed by atoms with Gasteiger partial charge in [-0.1, -0.05) is 0 Å². The van der Waals surface area contributed by atoms with Gasteiger partial charge >= 0.3 is 0 Å². The molecule has 2 heterocycles. The predicted octanol–water partition coefficient (Wildman–Crippen LogP) is 3.50. The van der Waals surface area contributed by atoms with Gasteiger partial charge in [-0.3, -0.25) is 4.79 Å². The van der Waals surface area contributed by atoms with Crippen molar-refractivity contribution in [3.05, 3.63) is 24.5 Å². The van der Waals surface area contributed by atoms with Crippen LogP contribution in [-0.4, -0.2) is 21.9 Å². The second-order valence-corrected chi connectivity index (χ2v) is 6.06. The van der Waals surface area contributed by atoms with Crippen molar-refractivity contribution in [3.63, 3.8) is 0 Å². The van der Waals surface area contributed by atoms with E-state index in [0.717, 1.165) is 42.4 Å². The van der Waals surface area contributed by atoms with Gasteiger partial charge in [0.2, 0.25) is 5.91 Å². The molecule has 1 fully saturated rings.